The van der Waals surface area contributed by atoms with Crippen molar-refractivity contribution in [2.75, 3.05) is 25.0 Å². The molecule has 0 saturated carbocycles. The lowest BCUT2D eigenvalue weighted by Crippen LogP contribution is -2.28. The fourth-order valence-corrected chi connectivity index (χ4v) is 8.09. The molecule has 5 rings (SSSR count). The molecule has 2 heterocycles. The molecule has 11 nitrogen and oxygen atoms in total. The molecule has 0 bridgehead atoms. The van der Waals surface area contributed by atoms with Crippen LogP contribution < -0.4 is 10.2 Å². The lowest BCUT2D eigenvalue weighted by molar-refractivity contribution is -0.401. The zero-order valence-electron chi connectivity index (χ0n) is 29.5. The predicted octanol–water partition coefficient (Wildman–Crippen LogP) is 5.71. The van der Waals surface area contributed by atoms with Crippen molar-refractivity contribution >= 4 is 43.2 Å². The number of anilines is 1. The van der Waals surface area contributed by atoms with E-state index in [1.165, 1.54) is 24.3 Å². The Hall–Kier alpha value is -4.30. The van der Waals surface area contributed by atoms with Gasteiger partial charge in [0.1, 0.15) is 22.9 Å². The summed E-state index contributed by atoms with van der Waals surface area (Å²) in [5.41, 5.74) is 4.74. The molecular weight excluding hydrogens is 691 g/mol. The smallest absolute Gasteiger partial charge is 0.294 e. The van der Waals surface area contributed by atoms with Crippen LogP contribution in [0.15, 0.2) is 94.4 Å². The van der Waals surface area contributed by atoms with Crippen LogP contribution in [-0.4, -0.2) is 67.4 Å². The molecule has 0 spiro atoms. The normalized spacial score (nSPS) is 17.3. The number of unbranched alkanes of at least 4 members (excludes halogenated alkanes) is 2. The lowest BCUT2D eigenvalue weighted by Gasteiger charge is -2.27. The fraction of sp³-hybridized carbons (Fsp3) is 0.368. The molecule has 0 aliphatic carbocycles. The van der Waals surface area contributed by atoms with E-state index in [9.17, 15) is 35.8 Å². The standard InChI is InChI=1S/C38H45N3O8S2/c1-37(2)30-24-28(50(44,45)46)17-19-32(30)40(5)34(37)10-9-11-35-38(3,4)31-25-29(51(47,48)49)18-20-33(31)41(35)23-8-6-7-12-36(43)39-22-21-26-13-15-27(42)16-14-26/h9-11,13-20,24-25H,6-8,12,21-23H2,1-5H3,(H3-,39,42,43,44,45,46,47,48,49). The number of phenols is 1. The van der Waals surface area contributed by atoms with E-state index in [0.717, 1.165) is 52.3 Å². The number of fused-ring (bicyclic) bond motifs is 2. The molecule has 51 heavy (non-hydrogen) atoms. The highest BCUT2D eigenvalue weighted by Gasteiger charge is 2.44. The van der Waals surface area contributed by atoms with Crippen LogP contribution in [0, 0.1) is 0 Å². The quantitative estimate of drug-likeness (QED) is 0.113. The van der Waals surface area contributed by atoms with Gasteiger partial charge in [0, 0.05) is 54.0 Å². The van der Waals surface area contributed by atoms with Crippen molar-refractivity contribution in [3.8, 4) is 5.75 Å². The van der Waals surface area contributed by atoms with Crippen molar-refractivity contribution in [1.82, 2.24) is 5.32 Å². The van der Waals surface area contributed by atoms with Gasteiger partial charge in [-0.1, -0.05) is 38.5 Å². The zero-order chi connectivity index (χ0) is 37.4. The molecule has 0 unspecified atom stereocenters. The number of amides is 1. The van der Waals surface area contributed by atoms with Gasteiger partial charge < -0.3 is 19.9 Å². The second-order valence-corrected chi connectivity index (χ2v) is 16.9. The number of carbonyl (C=O) groups excluding carboxylic acids is 1. The van der Waals surface area contributed by atoms with Gasteiger partial charge >= 0.3 is 0 Å². The molecule has 0 aromatic heterocycles. The average Bonchev–Trinajstić information content (AvgIpc) is 3.38. The maximum Gasteiger partial charge on any atom is 0.294 e. The topological polar surface area (TPSA) is 167 Å². The van der Waals surface area contributed by atoms with Crippen molar-refractivity contribution in [1.29, 1.82) is 0 Å². The number of allylic oxidation sites excluding steroid dienone is 4. The van der Waals surface area contributed by atoms with E-state index in [2.05, 4.69) is 10.2 Å². The summed E-state index contributed by atoms with van der Waals surface area (Å²) in [6.07, 6.45) is 9.18. The lowest BCUT2D eigenvalue weighted by atomic mass is 9.81. The van der Waals surface area contributed by atoms with E-state index in [1.807, 2.05) is 69.7 Å². The van der Waals surface area contributed by atoms with Crippen LogP contribution in [-0.2, 0) is 42.3 Å². The van der Waals surface area contributed by atoms with Crippen LogP contribution in [0.25, 0.3) is 0 Å². The average molecular weight is 736 g/mol. The Labute approximate surface area is 300 Å². The molecule has 0 radical (unpaired) electrons. The van der Waals surface area contributed by atoms with E-state index in [-0.39, 0.29) is 21.4 Å². The minimum Gasteiger partial charge on any atom is -0.744 e. The first-order valence-corrected chi connectivity index (χ1v) is 19.7. The molecule has 1 amide bonds. The van der Waals surface area contributed by atoms with Gasteiger partial charge in [0.15, 0.2) is 5.71 Å². The third kappa shape index (κ3) is 8.12. The summed E-state index contributed by atoms with van der Waals surface area (Å²) in [5.74, 6) is 0.183. The zero-order valence-corrected chi connectivity index (χ0v) is 31.1. The van der Waals surface area contributed by atoms with Gasteiger partial charge in [0.25, 0.3) is 10.1 Å². The van der Waals surface area contributed by atoms with E-state index in [0.29, 0.717) is 32.4 Å². The van der Waals surface area contributed by atoms with Crippen LogP contribution in [0.3, 0.4) is 0 Å². The van der Waals surface area contributed by atoms with Crippen LogP contribution in [0.2, 0.25) is 0 Å². The van der Waals surface area contributed by atoms with Crippen molar-refractivity contribution in [3.63, 3.8) is 0 Å². The molecule has 3 aromatic carbocycles. The highest BCUT2D eigenvalue weighted by molar-refractivity contribution is 7.86. The van der Waals surface area contributed by atoms with Crippen LogP contribution >= 0.6 is 0 Å². The number of phenolic OH excluding ortho intramolecular Hbond substituents is 1. The Bertz CT molecular complexity index is 2150. The SMILES string of the molecule is C[N+]1=C(/C=C/C=C2/N(CCCCCC(=O)NCCc3ccc(O)cc3)c3ccc(S(=O)(=O)[O-])cc3C2(C)C)C(C)(C)c2cc(S(=O)(=O)O)ccc21. The molecule has 13 heteroatoms. The molecular formula is C38H45N3O8S2. The van der Waals surface area contributed by atoms with Gasteiger partial charge in [0.05, 0.1) is 15.2 Å². The molecule has 3 aromatic rings. The van der Waals surface area contributed by atoms with Crippen molar-refractivity contribution < 1.29 is 40.4 Å². The summed E-state index contributed by atoms with van der Waals surface area (Å²) in [4.78, 5) is 14.1. The molecule has 0 fully saturated rings. The highest BCUT2D eigenvalue weighted by Crippen LogP contribution is 2.49. The Morgan fingerprint density at radius 3 is 2.24 bits per heavy atom. The molecule has 272 valence electrons. The van der Waals surface area contributed by atoms with Crippen molar-refractivity contribution in [2.45, 2.75) is 80.4 Å². The maximum atomic E-state index is 12.5. The number of carbonyl (C=O) groups is 1. The van der Waals surface area contributed by atoms with E-state index < -0.39 is 31.1 Å². The molecule has 0 atom stereocenters. The first-order valence-electron chi connectivity index (χ1n) is 16.9. The summed E-state index contributed by atoms with van der Waals surface area (Å²) in [7, 11) is -7.14. The molecule has 2 aliphatic rings. The number of hydrogen-bond donors (Lipinski definition) is 3. The van der Waals surface area contributed by atoms with Gasteiger partial charge in [-0.3, -0.25) is 9.35 Å². The van der Waals surface area contributed by atoms with Gasteiger partial charge in [-0.2, -0.15) is 13.0 Å². The number of hydrogen-bond acceptors (Lipinski definition) is 8. The third-order valence-corrected chi connectivity index (χ3v) is 11.6. The van der Waals surface area contributed by atoms with Crippen LogP contribution in [0.1, 0.15) is 70.1 Å². The van der Waals surface area contributed by atoms with Crippen LogP contribution in [0.4, 0.5) is 11.4 Å². The summed E-state index contributed by atoms with van der Waals surface area (Å²) in [5, 5.41) is 12.4. The van der Waals surface area contributed by atoms with E-state index in [1.54, 1.807) is 24.3 Å². The Morgan fingerprint density at radius 2 is 1.57 bits per heavy atom. The Balaban J connectivity index is 1.31. The summed E-state index contributed by atoms with van der Waals surface area (Å²) in [6.45, 7) is 9.06. The summed E-state index contributed by atoms with van der Waals surface area (Å²) >= 11 is 0. The second kappa shape index (κ2) is 14.4. The summed E-state index contributed by atoms with van der Waals surface area (Å²) in [6, 6.07) is 16.0. The van der Waals surface area contributed by atoms with Gasteiger partial charge in [-0.05, 0) is 92.8 Å². The maximum absolute atomic E-state index is 12.5. The number of benzene rings is 3. The largest absolute Gasteiger partial charge is 0.744 e. The first kappa shape index (κ1) is 37.9. The van der Waals surface area contributed by atoms with Crippen molar-refractivity contribution in [2.24, 2.45) is 0 Å². The number of aromatic hydroxyl groups is 1. The van der Waals surface area contributed by atoms with E-state index >= 15 is 0 Å². The minimum atomic E-state index is -4.66. The van der Waals surface area contributed by atoms with Gasteiger partial charge in [-0.25, -0.2) is 8.42 Å². The monoisotopic (exact) mass is 735 g/mol. The third-order valence-electron chi connectivity index (χ3n) is 9.92. The minimum absolute atomic E-state index is 0.0211. The molecule has 3 N–H and O–H groups in total. The summed E-state index contributed by atoms with van der Waals surface area (Å²) < 4.78 is 71.2. The predicted molar refractivity (Wildman–Crippen MR) is 195 cm³/mol. The number of nitrogens with zero attached hydrogens (tertiary/aromatic N) is 2. The Kier molecular flexibility index (Phi) is 10.7. The second-order valence-electron chi connectivity index (χ2n) is 14.1. The van der Waals surface area contributed by atoms with Crippen LogP contribution in [0.5, 0.6) is 5.75 Å². The first-order chi connectivity index (χ1) is 23.8. The Morgan fingerprint density at radius 1 is 0.902 bits per heavy atom. The van der Waals surface area contributed by atoms with Gasteiger partial charge in [0.2, 0.25) is 11.6 Å². The number of rotatable bonds is 13. The number of nitrogens with one attached hydrogen (secondary N) is 1. The van der Waals surface area contributed by atoms with Gasteiger partial charge in [-0.15, -0.1) is 0 Å². The van der Waals surface area contributed by atoms with Crippen molar-refractivity contribution in [3.05, 3.63) is 101 Å². The molecule has 0 saturated heterocycles. The van der Waals surface area contributed by atoms with E-state index in [4.69, 9.17) is 0 Å². The highest BCUT2D eigenvalue weighted by atomic mass is 32.2. The fourth-order valence-electron chi connectivity index (χ4n) is 7.09. The molecule has 2 aliphatic heterocycles.